The fourth-order valence-electron chi connectivity index (χ4n) is 4.65. The van der Waals surface area contributed by atoms with Gasteiger partial charge in [-0.2, -0.15) is 0 Å². The zero-order valence-corrected chi connectivity index (χ0v) is 17.0. The molecule has 1 aromatic carbocycles. The second kappa shape index (κ2) is 7.17. The Labute approximate surface area is 169 Å². The predicted molar refractivity (Wildman–Crippen MR) is 105 cm³/mol. The van der Waals surface area contributed by atoms with Gasteiger partial charge in [-0.3, -0.25) is 9.59 Å². The van der Waals surface area contributed by atoms with Crippen molar-refractivity contribution < 1.29 is 19.4 Å². The highest BCUT2D eigenvalue weighted by Crippen LogP contribution is 2.49. The van der Waals surface area contributed by atoms with Crippen LogP contribution in [-0.2, 0) is 4.79 Å². The molecule has 1 N–H and O–H groups in total. The maximum atomic E-state index is 13.1. The fraction of sp³-hybridized carbons (Fsp3) is 0.524. The van der Waals surface area contributed by atoms with E-state index < -0.39 is 11.4 Å². The summed E-state index contributed by atoms with van der Waals surface area (Å²) in [4.78, 5) is 26.6. The fourth-order valence-corrected chi connectivity index (χ4v) is 4.65. The molecular weight excluding hydrogens is 372 g/mol. The standard InChI is InChI=1S/C21H26N4O4/c1-13(2)29-17-8-6-16(7-9-17)25-14(3)18(22-23-25)19(26)24-11-15-5-4-10-21(15,12-24)20(27)28/h6-9,13,15H,4-5,10-12H2,1-3H3,(H,27,28)/t15-,21+/m0/s1. The smallest absolute Gasteiger partial charge is 0.311 e. The third-order valence-electron chi connectivity index (χ3n) is 6.13. The molecule has 0 spiro atoms. The zero-order chi connectivity index (χ0) is 20.8. The van der Waals surface area contributed by atoms with E-state index in [1.165, 1.54) is 0 Å². The van der Waals surface area contributed by atoms with Crippen LogP contribution in [0, 0.1) is 18.3 Å². The lowest BCUT2D eigenvalue weighted by Gasteiger charge is -2.23. The van der Waals surface area contributed by atoms with Crippen molar-refractivity contribution >= 4 is 11.9 Å². The molecule has 2 aromatic rings. The average molecular weight is 398 g/mol. The van der Waals surface area contributed by atoms with Gasteiger partial charge < -0.3 is 14.7 Å². The van der Waals surface area contributed by atoms with Crippen molar-refractivity contribution in [3.05, 3.63) is 35.7 Å². The number of ether oxygens (including phenoxy) is 1. The van der Waals surface area contributed by atoms with Gasteiger partial charge in [0.2, 0.25) is 0 Å². The number of carbonyl (C=O) groups excluding carboxylic acids is 1. The number of hydrogen-bond acceptors (Lipinski definition) is 5. The highest BCUT2D eigenvalue weighted by molar-refractivity contribution is 5.94. The van der Waals surface area contributed by atoms with Gasteiger partial charge in [0.25, 0.3) is 5.91 Å². The van der Waals surface area contributed by atoms with Crippen molar-refractivity contribution in [1.29, 1.82) is 0 Å². The van der Waals surface area contributed by atoms with Crippen LogP contribution in [-0.4, -0.2) is 56.1 Å². The molecule has 0 bridgehead atoms. The minimum atomic E-state index is -0.800. The molecule has 1 aliphatic heterocycles. The molecular formula is C21H26N4O4. The molecule has 29 heavy (non-hydrogen) atoms. The Hall–Kier alpha value is -2.90. The maximum Gasteiger partial charge on any atom is 0.311 e. The molecule has 1 aromatic heterocycles. The normalized spacial score (nSPS) is 23.4. The number of carboxylic acids is 1. The number of carbonyl (C=O) groups is 2. The van der Waals surface area contributed by atoms with Gasteiger partial charge in [-0.05, 0) is 63.8 Å². The second-order valence-corrected chi connectivity index (χ2v) is 8.33. The van der Waals surface area contributed by atoms with E-state index in [9.17, 15) is 14.7 Å². The molecule has 2 aliphatic rings. The van der Waals surface area contributed by atoms with Crippen molar-refractivity contribution in [3.63, 3.8) is 0 Å². The SMILES string of the molecule is Cc1c(C(=O)N2C[C@@H]3CCC[C@@]3(C(=O)O)C2)nnn1-c1ccc(OC(C)C)cc1. The quantitative estimate of drug-likeness (QED) is 0.832. The minimum Gasteiger partial charge on any atom is -0.491 e. The molecule has 8 heteroatoms. The van der Waals surface area contributed by atoms with Crippen LogP contribution in [0.4, 0.5) is 0 Å². The molecule has 1 amide bonds. The summed E-state index contributed by atoms with van der Waals surface area (Å²) in [6, 6.07) is 7.45. The molecule has 0 radical (unpaired) electrons. The first-order chi connectivity index (χ1) is 13.8. The molecule has 1 saturated heterocycles. The molecule has 1 aliphatic carbocycles. The van der Waals surface area contributed by atoms with Crippen LogP contribution in [0.1, 0.15) is 49.3 Å². The van der Waals surface area contributed by atoms with Crippen molar-refractivity contribution in [2.75, 3.05) is 13.1 Å². The van der Waals surface area contributed by atoms with Crippen LogP contribution in [0.15, 0.2) is 24.3 Å². The van der Waals surface area contributed by atoms with Gasteiger partial charge in [-0.25, -0.2) is 4.68 Å². The Morgan fingerprint density at radius 3 is 2.62 bits per heavy atom. The lowest BCUT2D eigenvalue weighted by atomic mass is 9.81. The van der Waals surface area contributed by atoms with E-state index in [1.54, 1.807) is 16.5 Å². The number of hydrogen-bond donors (Lipinski definition) is 1. The Morgan fingerprint density at radius 2 is 2.00 bits per heavy atom. The Balaban J connectivity index is 1.54. The molecule has 154 valence electrons. The lowest BCUT2D eigenvalue weighted by molar-refractivity contribution is -0.149. The topological polar surface area (TPSA) is 97.5 Å². The van der Waals surface area contributed by atoms with Crippen LogP contribution in [0.5, 0.6) is 5.75 Å². The van der Waals surface area contributed by atoms with Gasteiger partial charge in [-0.1, -0.05) is 11.6 Å². The molecule has 2 heterocycles. The van der Waals surface area contributed by atoms with Crippen molar-refractivity contribution in [2.24, 2.45) is 11.3 Å². The number of amides is 1. The minimum absolute atomic E-state index is 0.0211. The Kier molecular flexibility index (Phi) is 4.80. The summed E-state index contributed by atoms with van der Waals surface area (Å²) in [5, 5.41) is 18.0. The van der Waals surface area contributed by atoms with Crippen LogP contribution in [0.2, 0.25) is 0 Å². The van der Waals surface area contributed by atoms with Crippen LogP contribution in [0.25, 0.3) is 5.69 Å². The highest BCUT2D eigenvalue weighted by atomic mass is 16.5. The van der Waals surface area contributed by atoms with Gasteiger partial charge in [0.1, 0.15) is 5.75 Å². The first-order valence-electron chi connectivity index (χ1n) is 10.0. The number of aromatic nitrogens is 3. The monoisotopic (exact) mass is 398 g/mol. The molecule has 4 rings (SSSR count). The molecule has 0 unspecified atom stereocenters. The van der Waals surface area contributed by atoms with Gasteiger partial charge in [0.05, 0.1) is 22.9 Å². The summed E-state index contributed by atoms with van der Waals surface area (Å²) >= 11 is 0. The number of carboxylic acid groups (broad SMARTS) is 1. The van der Waals surface area contributed by atoms with Gasteiger partial charge in [0.15, 0.2) is 5.69 Å². The number of nitrogens with zero attached hydrogens (tertiary/aromatic N) is 4. The number of fused-ring (bicyclic) bond motifs is 1. The largest absolute Gasteiger partial charge is 0.491 e. The average Bonchev–Trinajstić information content (AvgIpc) is 3.34. The lowest BCUT2D eigenvalue weighted by Crippen LogP contribution is -2.37. The van der Waals surface area contributed by atoms with E-state index in [2.05, 4.69) is 10.3 Å². The van der Waals surface area contributed by atoms with E-state index in [-0.39, 0.29) is 30.2 Å². The first-order valence-corrected chi connectivity index (χ1v) is 10.0. The number of aliphatic carboxylic acids is 1. The van der Waals surface area contributed by atoms with Crippen LogP contribution in [0.3, 0.4) is 0 Å². The summed E-state index contributed by atoms with van der Waals surface area (Å²) in [5.74, 6) is -0.254. The third kappa shape index (κ3) is 3.26. The molecule has 1 saturated carbocycles. The number of rotatable bonds is 5. The van der Waals surface area contributed by atoms with E-state index in [0.717, 1.165) is 24.3 Å². The molecule has 2 atom stereocenters. The first kappa shape index (κ1) is 19.4. The number of likely N-dealkylation sites (tertiary alicyclic amines) is 1. The van der Waals surface area contributed by atoms with E-state index >= 15 is 0 Å². The zero-order valence-electron chi connectivity index (χ0n) is 17.0. The van der Waals surface area contributed by atoms with E-state index in [0.29, 0.717) is 18.7 Å². The molecule has 8 nitrogen and oxygen atoms in total. The van der Waals surface area contributed by atoms with Crippen molar-refractivity contribution in [3.8, 4) is 11.4 Å². The third-order valence-corrected chi connectivity index (χ3v) is 6.13. The van der Waals surface area contributed by atoms with Gasteiger partial charge in [-0.15, -0.1) is 5.10 Å². The van der Waals surface area contributed by atoms with Crippen molar-refractivity contribution in [2.45, 2.75) is 46.1 Å². The van der Waals surface area contributed by atoms with Crippen LogP contribution < -0.4 is 4.74 Å². The summed E-state index contributed by atoms with van der Waals surface area (Å²) in [7, 11) is 0. The predicted octanol–water partition coefficient (Wildman–Crippen LogP) is 2.69. The number of benzene rings is 1. The van der Waals surface area contributed by atoms with Gasteiger partial charge >= 0.3 is 5.97 Å². The Morgan fingerprint density at radius 1 is 1.28 bits per heavy atom. The summed E-state index contributed by atoms with van der Waals surface area (Å²) in [6.45, 7) is 6.45. The van der Waals surface area contributed by atoms with Crippen molar-refractivity contribution in [1.82, 2.24) is 19.9 Å². The Bertz CT molecular complexity index is 937. The summed E-state index contributed by atoms with van der Waals surface area (Å²) in [5.41, 5.74) is 0.888. The van der Waals surface area contributed by atoms with Crippen LogP contribution >= 0.6 is 0 Å². The highest BCUT2D eigenvalue weighted by Gasteiger charge is 2.56. The molecule has 2 fully saturated rings. The summed E-state index contributed by atoms with van der Waals surface area (Å²) in [6.07, 6.45) is 2.48. The van der Waals surface area contributed by atoms with E-state index in [4.69, 9.17) is 4.74 Å². The second-order valence-electron chi connectivity index (χ2n) is 8.33. The van der Waals surface area contributed by atoms with E-state index in [1.807, 2.05) is 38.1 Å². The maximum absolute atomic E-state index is 13.1. The van der Waals surface area contributed by atoms with Gasteiger partial charge in [0, 0.05) is 13.1 Å². The summed E-state index contributed by atoms with van der Waals surface area (Å²) < 4.78 is 7.28.